The van der Waals surface area contributed by atoms with Crippen molar-refractivity contribution in [2.24, 2.45) is 5.92 Å². The lowest BCUT2D eigenvalue weighted by molar-refractivity contribution is -0.151. The summed E-state index contributed by atoms with van der Waals surface area (Å²) < 4.78 is 5.45. The number of esters is 1. The van der Waals surface area contributed by atoms with Gasteiger partial charge in [-0.3, -0.25) is 9.59 Å². The van der Waals surface area contributed by atoms with Crippen LogP contribution in [0.1, 0.15) is 31.7 Å². The monoisotopic (exact) mass is 318 g/mol. The maximum Gasteiger partial charge on any atom is 0.302 e. The number of hydrogen-bond donors (Lipinski definition) is 1. The lowest BCUT2D eigenvalue weighted by Gasteiger charge is -2.36. The van der Waals surface area contributed by atoms with Gasteiger partial charge in [0.25, 0.3) is 0 Å². The van der Waals surface area contributed by atoms with Crippen LogP contribution in [0.25, 0.3) is 0 Å². The minimum absolute atomic E-state index is 0.00163. The molecule has 1 aromatic carbocycles. The topological polar surface area (TPSA) is 58.6 Å². The average molecular weight is 318 g/mol. The zero-order chi connectivity index (χ0) is 16.8. The summed E-state index contributed by atoms with van der Waals surface area (Å²) in [4.78, 5) is 25.2. The summed E-state index contributed by atoms with van der Waals surface area (Å²) in [5.41, 5.74) is 1.18. The fourth-order valence-corrected chi connectivity index (χ4v) is 3.15. The Kier molecular flexibility index (Phi) is 6.16. The molecule has 3 atom stereocenters. The second-order valence-corrected chi connectivity index (χ2v) is 6.36. The van der Waals surface area contributed by atoms with Gasteiger partial charge in [0.15, 0.2) is 0 Å². The molecule has 1 fully saturated rings. The summed E-state index contributed by atoms with van der Waals surface area (Å²) >= 11 is 0. The second kappa shape index (κ2) is 8.11. The molecule has 0 radical (unpaired) electrons. The lowest BCUT2D eigenvalue weighted by atomic mass is 9.82. The van der Waals surface area contributed by atoms with E-state index in [2.05, 4.69) is 17.4 Å². The highest BCUT2D eigenvalue weighted by Gasteiger charge is 2.35. The standard InChI is InChI=1S/C18H26N2O3/c1-13(21)23-17-10-9-15(18(22)20(2)3)11-16(17)19-12-14-7-5-4-6-8-14/h4-8,15-17,19H,9-12H2,1-3H3/t15-,16+,17+/m0/s1. The first kappa shape index (κ1) is 17.5. The van der Waals surface area contributed by atoms with Crippen LogP contribution in [-0.2, 0) is 20.9 Å². The molecular weight excluding hydrogens is 292 g/mol. The van der Waals surface area contributed by atoms with Crippen molar-refractivity contribution in [2.45, 2.75) is 44.9 Å². The van der Waals surface area contributed by atoms with E-state index in [1.807, 2.05) is 18.2 Å². The molecule has 0 heterocycles. The van der Waals surface area contributed by atoms with Crippen molar-refractivity contribution >= 4 is 11.9 Å². The molecule has 1 amide bonds. The van der Waals surface area contributed by atoms with E-state index >= 15 is 0 Å². The molecule has 1 N–H and O–H groups in total. The first-order valence-electron chi connectivity index (χ1n) is 8.13. The Balaban J connectivity index is 2.01. The maximum atomic E-state index is 12.2. The minimum Gasteiger partial charge on any atom is -0.461 e. The van der Waals surface area contributed by atoms with Crippen molar-refractivity contribution in [3.8, 4) is 0 Å². The number of ether oxygens (including phenoxy) is 1. The molecule has 1 aliphatic rings. The maximum absolute atomic E-state index is 12.2. The molecular formula is C18H26N2O3. The Labute approximate surface area is 138 Å². The van der Waals surface area contributed by atoms with Crippen LogP contribution in [0.2, 0.25) is 0 Å². The van der Waals surface area contributed by atoms with E-state index < -0.39 is 0 Å². The number of rotatable bonds is 5. The van der Waals surface area contributed by atoms with Gasteiger partial charge in [-0.1, -0.05) is 30.3 Å². The van der Waals surface area contributed by atoms with Crippen LogP contribution in [-0.4, -0.2) is 43.0 Å². The number of nitrogens with zero attached hydrogens (tertiary/aromatic N) is 1. The van der Waals surface area contributed by atoms with Crippen LogP contribution < -0.4 is 5.32 Å². The van der Waals surface area contributed by atoms with Crippen molar-refractivity contribution < 1.29 is 14.3 Å². The fraction of sp³-hybridized carbons (Fsp3) is 0.556. The molecule has 0 unspecified atom stereocenters. The molecule has 2 rings (SSSR count). The van der Waals surface area contributed by atoms with Crippen LogP contribution in [0, 0.1) is 5.92 Å². The third-order valence-electron chi connectivity index (χ3n) is 4.31. The summed E-state index contributed by atoms with van der Waals surface area (Å²) in [6, 6.07) is 10.1. The Morgan fingerprint density at radius 1 is 1.22 bits per heavy atom. The number of carbonyl (C=O) groups excluding carboxylic acids is 2. The predicted octanol–water partition coefficient (Wildman–Crippen LogP) is 1.96. The average Bonchev–Trinajstić information content (AvgIpc) is 2.53. The van der Waals surface area contributed by atoms with Crippen LogP contribution in [0.3, 0.4) is 0 Å². The molecule has 126 valence electrons. The summed E-state index contributed by atoms with van der Waals surface area (Å²) in [6.07, 6.45) is 2.01. The fourth-order valence-electron chi connectivity index (χ4n) is 3.15. The first-order chi connectivity index (χ1) is 11.0. The van der Waals surface area contributed by atoms with Gasteiger partial charge in [0.2, 0.25) is 5.91 Å². The molecule has 0 spiro atoms. The molecule has 0 saturated heterocycles. The summed E-state index contributed by atoms with van der Waals surface area (Å²) in [7, 11) is 3.57. The largest absolute Gasteiger partial charge is 0.461 e. The third-order valence-corrected chi connectivity index (χ3v) is 4.31. The number of amides is 1. The summed E-state index contributed by atoms with van der Waals surface area (Å²) in [5, 5.41) is 3.47. The SMILES string of the molecule is CC(=O)O[C@@H]1CC[C@H](C(=O)N(C)C)C[C@H]1NCc1ccccc1. The van der Waals surface area contributed by atoms with E-state index in [-0.39, 0.29) is 29.9 Å². The highest BCUT2D eigenvalue weighted by molar-refractivity contribution is 5.78. The van der Waals surface area contributed by atoms with Crippen molar-refractivity contribution in [2.75, 3.05) is 14.1 Å². The van der Waals surface area contributed by atoms with Crippen LogP contribution in [0.4, 0.5) is 0 Å². The van der Waals surface area contributed by atoms with Crippen LogP contribution >= 0.6 is 0 Å². The van der Waals surface area contributed by atoms with Gasteiger partial charge in [0.1, 0.15) is 6.10 Å². The van der Waals surface area contributed by atoms with Gasteiger partial charge < -0.3 is 15.0 Å². The zero-order valence-electron chi connectivity index (χ0n) is 14.1. The van der Waals surface area contributed by atoms with Crippen molar-refractivity contribution in [3.05, 3.63) is 35.9 Å². The highest BCUT2D eigenvalue weighted by atomic mass is 16.5. The quantitative estimate of drug-likeness (QED) is 0.843. The lowest BCUT2D eigenvalue weighted by Crippen LogP contribution is -2.48. The van der Waals surface area contributed by atoms with E-state index in [1.165, 1.54) is 12.5 Å². The predicted molar refractivity (Wildman–Crippen MR) is 88.7 cm³/mol. The summed E-state index contributed by atoms with van der Waals surface area (Å²) in [6.45, 7) is 2.14. The van der Waals surface area contributed by atoms with Gasteiger partial charge in [-0.15, -0.1) is 0 Å². The minimum atomic E-state index is -0.265. The van der Waals surface area contributed by atoms with Gasteiger partial charge in [0.05, 0.1) is 0 Å². The van der Waals surface area contributed by atoms with Gasteiger partial charge in [-0.25, -0.2) is 0 Å². The molecule has 0 bridgehead atoms. The molecule has 23 heavy (non-hydrogen) atoms. The van der Waals surface area contributed by atoms with E-state index in [0.29, 0.717) is 13.0 Å². The van der Waals surface area contributed by atoms with Crippen LogP contribution in [0.15, 0.2) is 30.3 Å². The van der Waals surface area contributed by atoms with E-state index in [4.69, 9.17) is 4.74 Å². The smallest absolute Gasteiger partial charge is 0.302 e. The summed E-state index contributed by atoms with van der Waals surface area (Å²) in [5.74, 6) is -0.123. The number of benzene rings is 1. The Morgan fingerprint density at radius 3 is 2.52 bits per heavy atom. The second-order valence-electron chi connectivity index (χ2n) is 6.36. The molecule has 5 nitrogen and oxygen atoms in total. The van der Waals surface area contributed by atoms with E-state index in [1.54, 1.807) is 19.0 Å². The van der Waals surface area contributed by atoms with Crippen molar-refractivity contribution in [1.29, 1.82) is 0 Å². The van der Waals surface area contributed by atoms with Crippen LogP contribution in [0.5, 0.6) is 0 Å². The Bertz CT molecular complexity index is 530. The van der Waals surface area contributed by atoms with Gasteiger partial charge >= 0.3 is 5.97 Å². The molecule has 1 saturated carbocycles. The number of nitrogens with one attached hydrogen (secondary N) is 1. The van der Waals surface area contributed by atoms with Gasteiger partial charge in [0, 0.05) is 39.5 Å². The Morgan fingerprint density at radius 2 is 1.91 bits per heavy atom. The molecule has 1 aliphatic carbocycles. The number of hydrogen-bond acceptors (Lipinski definition) is 4. The molecule has 5 heteroatoms. The normalized spacial score (nSPS) is 24.0. The van der Waals surface area contributed by atoms with Gasteiger partial charge in [-0.05, 0) is 24.8 Å². The van der Waals surface area contributed by atoms with Gasteiger partial charge in [-0.2, -0.15) is 0 Å². The highest BCUT2D eigenvalue weighted by Crippen LogP contribution is 2.28. The van der Waals surface area contributed by atoms with Crippen molar-refractivity contribution in [3.63, 3.8) is 0 Å². The zero-order valence-corrected chi connectivity index (χ0v) is 14.1. The first-order valence-corrected chi connectivity index (χ1v) is 8.13. The molecule has 0 aromatic heterocycles. The van der Waals surface area contributed by atoms with Crippen molar-refractivity contribution in [1.82, 2.24) is 10.2 Å². The third kappa shape index (κ3) is 5.06. The molecule has 0 aliphatic heterocycles. The Hall–Kier alpha value is -1.88. The van der Waals surface area contributed by atoms with E-state index in [9.17, 15) is 9.59 Å². The van der Waals surface area contributed by atoms with E-state index in [0.717, 1.165) is 12.8 Å². The molecule has 1 aromatic rings. The number of carbonyl (C=O) groups is 2.